The minimum atomic E-state index is -0.577. The first-order chi connectivity index (χ1) is 15.0. The Morgan fingerprint density at radius 1 is 0.935 bits per heavy atom. The number of rotatable bonds is 8. The van der Waals surface area contributed by atoms with Crippen molar-refractivity contribution in [3.63, 3.8) is 0 Å². The zero-order valence-corrected chi connectivity index (χ0v) is 20.4. The van der Waals surface area contributed by atoms with E-state index in [-0.39, 0.29) is 5.78 Å². The third-order valence-electron chi connectivity index (χ3n) is 4.04. The third kappa shape index (κ3) is 11.8. The van der Waals surface area contributed by atoms with Gasteiger partial charge in [-0.2, -0.15) is 0 Å². The number of benzene rings is 2. The van der Waals surface area contributed by atoms with Gasteiger partial charge >= 0.3 is 0 Å². The lowest BCUT2D eigenvalue weighted by Gasteiger charge is -2.20. The van der Waals surface area contributed by atoms with Crippen LogP contribution in [0, 0.1) is 6.92 Å². The van der Waals surface area contributed by atoms with Crippen molar-refractivity contribution in [3.8, 4) is 11.5 Å². The molecule has 31 heavy (non-hydrogen) atoms. The highest BCUT2D eigenvalue weighted by atomic mass is 16.5. The summed E-state index contributed by atoms with van der Waals surface area (Å²) in [6, 6.07) is 15.2. The predicted molar refractivity (Wildman–Crippen MR) is 133 cm³/mol. The molecule has 0 aliphatic carbocycles. The summed E-state index contributed by atoms with van der Waals surface area (Å²) < 4.78 is 11.2. The monoisotopic (exact) mass is 424 g/mol. The second-order valence-corrected chi connectivity index (χ2v) is 7.01. The maximum absolute atomic E-state index is 12.5. The van der Waals surface area contributed by atoms with Gasteiger partial charge in [0.05, 0.1) is 7.11 Å². The maximum Gasteiger partial charge on any atom is 0.182 e. The Morgan fingerprint density at radius 2 is 1.48 bits per heavy atom. The van der Waals surface area contributed by atoms with Gasteiger partial charge in [-0.25, -0.2) is 0 Å². The van der Waals surface area contributed by atoms with E-state index in [2.05, 4.69) is 13.8 Å². The van der Waals surface area contributed by atoms with Gasteiger partial charge in [0.15, 0.2) is 11.9 Å². The standard InChI is InChI=1S/C19H22O3.C6H10.C3H8/c1-4-7-17(20)19(15-10-12-16(21-3)13-11-15)22-18-9-6-5-8-14(18)2;1-3-5-6-4-2;1-3-2/h5-6,8-13,19H,4,7H2,1-3H3;3-6H,1-2H3;3H2,1-2H3/b;5-3-,6-4-;. The summed E-state index contributed by atoms with van der Waals surface area (Å²) >= 11 is 0. The van der Waals surface area contributed by atoms with E-state index in [4.69, 9.17) is 9.47 Å². The molecule has 3 heteroatoms. The Kier molecular flexibility index (Phi) is 16.4. The summed E-state index contributed by atoms with van der Waals surface area (Å²) in [6.45, 7) is 12.2. The number of carbonyl (C=O) groups excluding carboxylic acids is 1. The van der Waals surface area contributed by atoms with Gasteiger partial charge in [-0.05, 0) is 51.0 Å². The molecule has 2 aromatic rings. The number of carbonyl (C=O) groups is 1. The quantitative estimate of drug-likeness (QED) is 0.402. The summed E-state index contributed by atoms with van der Waals surface area (Å²) in [7, 11) is 1.62. The van der Waals surface area contributed by atoms with E-state index < -0.39 is 6.10 Å². The summed E-state index contributed by atoms with van der Waals surface area (Å²) in [4.78, 5) is 12.5. The molecule has 0 spiro atoms. The van der Waals surface area contributed by atoms with Gasteiger partial charge < -0.3 is 9.47 Å². The van der Waals surface area contributed by atoms with Gasteiger partial charge in [-0.1, -0.05) is 81.8 Å². The van der Waals surface area contributed by atoms with E-state index in [1.54, 1.807) is 7.11 Å². The molecule has 0 amide bonds. The fourth-order valence-corrected chi connectivity index (χ4v) is 2.51. The fourth-order valence-electron chi connectivity index (χ4n) is 2.51. The molecule has 2 rings (SSSR count). The summed E-state index contributed by atoms with van der Waals surface area (Å²) in [6.07, 6.45) is 9.98. The second kappa shape index (κ2) is 18.0. The molecule has 0 bridgehead atoms. The molecule has 0 fully saturated rings. The summed E-state index contributed by atoms with van der Waals surface area (Å²) in [5, 5.41) is 0. The Morgan fingerprint density at radius 3 is 1.94 bits per heavy atom. The highest BCUT2D eigenvalue weighted by Crippen LogP contribution is 2.28. The molecular formula is C28H40O3. The lowest BCUT2D eigenvalue weighted by Crippen LogP contribution is -2.19. The van der Waals surface area contributed by atoms with Crippen molar-refractivity contribution in [2.75, 3.05) is 7.11 Å². The number of hydrogen-bond acceptors (Lipinski definition) is 3. The topological polar surface area (TPSA) is 35.5 Å². The van der Waals surface area contributed by atoms with Crippen LogP contribution in [0.25, 0.3) is 0 Å². The lowest BCUT2D eigenvalue weighted by atomic mass is 10.0. The van der Waals surface area contributed by atoms with Crippen LogP contribution in [0.15, 0.2) is 72.8 Å². The van der Waals surface area contributed by atoms with Crippen LogP contribution >= 0.6 is 0 Å². The van der Waals surface area contributed by atoms with Crippen LogP contribution in [0.2, 0.25) is 0 Å². The minimum Gasteiger partial charge on any atom is -0.497 e. The van der Waals surface area contributed by atoms with E-state index in [0.29, 0.717) is 6.42 Å². The van der Waals surface area contributed by atoms with Crippen molar-refractivity contribution in [2.24, 2.45) is 0 Å². The molecule has 0 saturated carbocycles. The molecule has 0 N–H and O–H groups in total. The van der Waals surface area contributed by atoms with Crippen LogP contribution in [0.1, 0.15) is 71.1 Å². The van der Waals surface area contributed by atoms with Crippen LogP contribution in [0.4, 0.5) is 0 Å². The van der Waals surface area contributed by atoms with Gasteiger partial charge in [0, 0.05) is 12.0 Å². The molecule has 0 aliphatic rings. The number of aryl methyl sites for hydroxylation is 1. The van der Waals surface area contributed by atoms with Crippen molar-refractivity contribution in [2.45, 2.75) is 66.9 Å². The van der Waals surface area contributed by atoms with Gasteiger partial charge in [0.2, 0.25) is 0 Å². The largest absolute Gasteiger partial charge is 0.497 e. The highest BCUT2D eigenvalue weighted by molar-refractivity contribution is 5.84. The van der Waals surface area contributed by atoms with E-state index in [1.807, 2.05) is 101 Å². The molecule has 0 aliphatic heterocycles. The highest BCUT2D eigenvalue weighted by Gasteiger charge is 2.22. The van der Waals surface area contributed by atoms with E-state index in [0.717, 1.165) is 29.0 Å². The number of para-hydroxylation sites is 1. The van der Waals surface area contributed by atoms with Crippen molar-refractivity contribution in [1.29, 1.82) is 0 Å². The molecule has 0 radical (unpaired) electrons. The van der Waals surface area contributed by atoms with Crippen LogP contribution in [0.5, 0.6) is 11.5 Å². The smallest absolute Gasteiger partial charge is 0.182 e. The molecule has 0 saturated heterocycles. The lowest BCUT2D eigenvalue weighted by molar-refractivity contribution is -0.126. The fraction of sp³-hybridized carbons (Fsp3) is 0.393. The number of methoxy groups -OCH3 is 1. The normalized spacial score (nSPS) is 11.2. The third-order valence-corrected chi connectivity index (χ3v) is 4.04. The Balaban J connectivity index is 0.000000848. The van der Waals surface area contributed by atoms with E-state index in [1.165, 1.54) is 6.42 Å². The minimum absolute atomic E-state index is 0.0934. The van der Waals surface area contributed by atoms with Gasteiger partial charge in [0.25, 0.3) is 0 Å². The number of ether oxygens (including phenoxy) is 2. The first-order valence-electron chi connectivity index (χ1n) is 11.1. The second-order valence-electron chi connectivity index (χ2n) is 7.01. The summed E-state index contributed by atoms with van der Waals surface area (Å²) in [5.74, 6) is 1.60. The van der Waals surface area contributed by atoms with Crippen LogP contribution in [0.3, 0.4) is 0 Å². The zero-order valence-electron chi connectivity index (χ0n) is 20.4. The molecular weight excluding hydrogens is 384 g/mol. The molecule has 2 aromatic carbocycles. The Hall–Kier alpha value is -2.81. The Labute approximate surface area is 189 Å². The first-order valence-corrected chi connectivity index (χ1v) is 11.1. The van der Waals surface area contributed by atoms with Crippen LogP contribution in [-0.2, 0) is 4.79 Å². The van der Waals surface area contributed by atoms with Crippen molar-refractivity contribution >= 4 is 5.78 Å². The van der Waals surface area contributed by atoms with E-state index in [9.17, 15) is 4.79 Å². The number of hydrogen-bond donors (Lipinski definition) is 0. The SMILES string of the molecule is C/C=C\C=C/C.CCC.CCCC(=O)C(Oc1ccccc1C)c1ccc(OC)cc1. The van der Waals surface area contributed by atoms with Crippen LogP contribution < -0.4 is 9.47 Å². The molecule has 1 unspecified atom stereocenters. The Bertz CT molecular complexity index is 763. The van der Waals surface area contributed by atoms with Gasteiger partial charge in [0.1, 0.15) is 11.5 Å². The van der Waals surface area contributed by atoms with Crippen molar-refractivity contribution in [3.05, 3.63) is 84.0 Å². The van der Waals surface area contributed by atoms with Crippen molar-refractivity contribution < 1.29 is 14.3 Å². The summed E-state index contributed by atoms with van der Waals surface area (Å²) in [5.41, 5.74) is 1.87. The average molecular weight is 425 g/mol. The van der Waals surface area contributed by atoms with Crippen LogP contribution in [-0.4, -0.2) is 12.9 Å². The predicted octanol–water partition coefficient (Wildman–Crippen LogP) is 8.05. The molecule has 170 valence electrons. The first kappa shape index (κ1) is 28.2. The molecule has 0 aromatic heterocycles. The molecule has 3 nitrogen and oxygen atoms in total. The number of Topliss-reactive ketones (excluding diaryl/α,β-unsaturated/α-hetero) is 1. The van der Waals surface area contributed by atoms with Gasteiger partial charge in [-0.3, -0.25) is 4.79 Å². The van der Waals surface area contributed by atoms with Gasteiger partial charge in [-0.15, -0.1) is 0 Å². The zero-order chi connectivity index (χ0) is 23.5. The molecule has 1 atom stereocenters. The molecule has 0 heterocycles. The van der Waals surface area contributed by atoms with Crippen molar-refractivity contribution in [1.82, 2.24) is 0 Å². The maximum atomic E-state index is 12.5. The van der Waals surface area contributed by atoms with E-state index >= 15 is 0 Å². The average Bonchev–Trinajstić information content (AvgIpc) is 2.78. The number of ketones is 1. The number of allylic oxidation sites excluding steroid dienone is 4.